The summed E-state index contributed by atoms with van der Waals surface area (Å²) in [6.07, 6.45) is 1.35. The molecule has 10 heteroatoms. The summed E-state index contributed by atoms with van der Waals surface area (Å²) in [6, 6.07) is 11.5. The van der Waals surface area contributed by atoms with Gasteiger partial charge in [0.05, 0.1) is 10.4 Å². The van der Waals surface area contributed by atoms with E-state index in [9.17, 15) is 15.2 Å². The fourth-order valence-electron chi connectivity index (χ4n) is 3.05. The van der Waals surface area contributed by atoms with Crippen molar-refractivity contribution < 1.29 is 14.4 Å². The van der Waals surface area contributed by atoms with E-state index in [4.69, 9.17) is 4.42 Å². The number of hydrogen-bond donors (Lipinski definition) is 2. The first-order valence-electron chi connectivity index (χ1n) is 8.15. The summed E-state index contributed by atoms with van der Waals surface area (Å²) >= 11 is 0. The number of benzene rings is 2. The summed E-state index contributed by atoms with van der Waals surface area (Å²) in [6.45, 7) is 0. The smallest absolute Gasteiger partial charge is 0.270 e. The van der Waals surface area contributed by atoms with E-state index in [0.717, 1.165) is 5.39 Å². The van der Waals surface area contributed by atoms with Crippen molar-refractivity contribution in [3.05, 3.63) is 58.9 Å². The van der Waals surface area contributed by atoms with Gasteiger partial charge in [0.2, 0.25) is 11.7 Å². The number of para-hydroxylation sites is 1. The van der Waals surface area contributed by atoms with Gasteiger partial charge in [0, 0.05) is 22.9 Å². The highest BCUT2D eigenvalue weighted by atomic mass is 16.6. The SMILES string of the molecule is O=[N+]([O-])c1ccc2[nH]c(O)c(N=Nc3ncnc4c3oc3ccccc34)c2c1. The molecular formula is C18H10N6O4. The van der Waals surface area contributed by atoms with Gasteiger partial charge in [-0.2, -0.15) is 0 Å². The van der Waals surface area contributed by atoms with Crippen LogP contribution in [0.4, 0.5) is 17.2 Å². The maximum atomic E-state index is 11.0. The molecule has 10 nitrogen and oxygen atoms in total. The minimum absolute atomic E-state index is 0.0709. The topological polar surface area (TPSA) is 143 Å². The average molecular weight is 374 g/mol. The van der Waals surface area contributed by atoms with Crippen LogP contribution in [0.2, 0.25) is 0 Å². The number of nitrogens with one attached hydrogen (secondary N) is 1. The van der Waals surface area contributed by atoms with Crippen LogP contribution in [0.1, 0.15) is 0 Å². The number of furan rings is 1. The summed E-state index contributed by atoms with van der Waals surface area (Å²) in [4.78, 5) is 21.5. The molecule has 0 saturated carbocycles. The zero-order valence-corrected chi connectivity index (χ0v) is 14.0. The maximum Gasteiger partial charge on any atom is 0.270 e. The summed E-state index contributed by atoms with van der Waals surface area (Å²) in [5.41, 5.74) is 2.04. The lowest BCUT2D eigenvalue weighted by molar-refractivity contribution is -0.384. The number of nitrogens with zero attached hydrogens (tertiary/aromatic N) is 5. The van der Waals surface area contributed by atoms with Crippen molar-refractivity contribution in [1.29, 1.82) is 0 Å². The van der Waals surface area contributed by atoms with Crippen LogP contribution < -0.4 is 0 Å². The molecule has 0 amide bonds. The predicted octanol–water partition coefficient (Wildman–Crippen LogP) is 4.89. The first kappa shape index (κ1) is 15.9. The number of nitro groups is 1. The third-order valence-electron chi connectivity index (χ3n) is 4.33. The maximum absolute atomic E-state index is 11.0. The molecule has 0 aliphatic carbocycles. The number of nitro benzene ring substituents is 1. The Morgan fingerprint density at radius 3 is 2.82 bits per heavy atom. The molecule has 5 rings (SSSR count). The Morgan fingerprint density at radius 2 is 1.96 bits per heavy atom. The Bertz CT molecular complexity index is 1420. The lowest BCUT2D eigenvalue weighted by Gasteiger charge is -1.94. The largest absolute Gasteiger partial charge is 0.493 e. The van der Waals surface area contributed by atoms with Gasteiger partial charge in [-0.15, -0.1) is 10.2 Å². The number of aromatic hydroxyl groups is 1. The number of aromatic nitrogens is 3. The van der Waals surface area contributed by atoms with E-state index in [2.05, 4.69) is 25.2 Å². The zero-order valence-electron chi connectivity index (χ0n) is 14.0. The fraction of sp³-hybridized carbons (Fsp3) is 0. The highest BCUT2D eigenvalue weighted by Crippen LogP contribution is 2.39. The number of H-pyrrole nitrogens is 1. The number of hydrogen-bond acceptors (Lipinski definition) is 8. The van der Waals surface area contributed by atoms with E-state index in [0.29, 0.717) is 27.6 Å². The second kappa shape index (κ2) is 5.84. The van der Waals surface area contributed by atoms with Crippen molar-refractivity contribution in [3.63, 3.8) is 0 Å². The monoisotopic (exact) mass is 374 g/mol. The highest BCUT2D eigenvalue weighted by molar-refractivity contribution is 6.05. The van der Waals surface area contributed by atoms with Crippen molar-refractivity contribution in [1.82, 2.24) is 15.0 Å². The number of aromatic amines is 1. The van der Waals surface area contributed by atoms with Gasteiger partial charge in [-0.3, -0.25) is 10.1 Å². The molecule has 0 aliphatic rings. The van der Waals surface area contributed by atoms with Gasteiger partial charge < -0.3 is 14.5 Å². The van der Waals surface area contributed by atoms with Gasteiger partial charge in [-0.1, -0.05) is 12.1 Å². The summed E-state index contributed by atoms with van der Waals surface area (Å²) in [5, 5.41) is 30.5. The third kappa shape index (κ3) is 2.35. The zero-order chi connectivity index (χ0) is 19.3. The molecule has 0 atom stereocenters. The molecule has 0 saturated heterocycles. The van der Waals surface area contributed by atoms with Crippen LogP contribution in [0.15, 0.2) is 63.4 Å². The van der Waals surface area contributed by atoms with Crippen LogP contribution in [0.5, 0.6) is 5.88 Å². The molecule has 0 bridgehead atoms. The predicted molar refractivity (Wildman–Crippen MR) is 100 cm³/mol. The lowest BCUT2D eigenvalue weighted by Crippen LogP contribution is -1.86. The quantitative estimate of drug-likeness (QED) is 0.261. The first-order chi connectivity index (χ1) is 13.6. The van der Waals surface area contributed by atoms with Crippen molar-refractivity contribution in [2.45, 2.75) is 0 Å². The molecule has 2 aromatic carbocycles. The minimum atomic E-state index is -0.521. The molecule has 0 aliphatic heterocycles. The first-order valence-corrected chi connectivity index (χ1v) is 8.15. The average Bonchev–Trinajstić information content (AvgIpc) is 3.23. The van der Waals surface area contributed by atoms with Crippen molar-refractivity contribution >= 4 is 50.2 Å². The third-order valence-corrected chi connectivity index (χ3v) is 4.33. The van der Waals surface area contributed by atoms with Crippen LogP contribution in [-0.2, 0) is 0 Å². The Hall–Kier alpha value is -4.34. The van der Waals surface area contributed by atoms with Gasteiger partial charge in [0.1, 0.15) is 17.4 Å². The molecule has 5 aromatic rings. The molecule has 3 aromatic heterocycles. The van der Waals surface area contributed by atoms with E-state index >= 15 is 0 Å². The molecule has 2 N–H and O–H groups in total. The summed E-state index contributed by atoms with van der Waals surface area (Å²) < 4.78 is 5.78. The molecule has 28 heavy (non-hydrogen) atoms. The standard InChI is InChI=1S/C18H10N6O4/c25-18-15(11-7-9(24(26)27)5-6-12(11)21-18)22-23-17-16-14(19-8-20-17)10-3-1-2-4-13(10)28-16/h1-8,21,25H. The molecular weight excluding hydrogens is 364 g/mol. The van der Waals surface area contributed by atoms with Crippen LogP contribution in [-0.4, -0.2) is 25.0 Å². The number of fused-ring (bicyclic) bond motifs is 4. The van der Waals surface area contributed by atoms with Crippen LogP contribution >= 0.6 is 0 Å². The van der Waals surface area contributed by atoms with E-state index < -0.39 is 4.92 Å². The normalized spacial score (nSPS) is 11.9. The van der Waals surface area contributed by atoms with Crippen LogP contribution in [0.25, 0.3) is 33.0 Å². The van der Waals surface area contributed by atoms with Crippen molar-refractivity contribution in [2.24, 2.45) is 10.2 Å². The van der Waals surface area contributed by atoms with Gasteiger partial charge >= 0.3 is 0 Å². The molecule has 3 heterocycles. The molecule has 0 spiro atoms. The van der Waals surface area contributed by atoms with Crippen molar-refractivity contribution in [3.8, 4) is 5.88 Å². The van der Waals surface area contributed by atoms with Crippen molar-refractivity contribution in [2.75, 3.05) is 0 Å². The Balaban J connectivity index is 1.66. The molecule has 0 radical (unpaired) electrons. The summed E-state index contributed by atoms with van der Waals surface area (Å²) in [5.74, 6) is -0.0745. The van der Waals surface area contributed by atoms with Crippen LogP contribution in [0.3, 0.4) is 0 Å². The highest BCUT2D eigenvalue weighted by Gasteiger charge is 2.16. The van der Waals surface area contributed by atoms with E-state index in [1.165, 1.54) is 24.5 Å². The number of rotatable bonds is 3. The minimum Gasteiger partial charge on any atom is -0.493 e. The molecule has 0 fully saturated rings. The molecule has 0 unspecified atom stereocenters. The molecule has 136 valence electrons. The summed E-state index contributed by atoms with van der Waals surface area (Å²) in [7, 11) is 0. The Morgan fingerprint density at radius 1 is 1.11 bits per heavy atom. The fourth-order valence-corrected chi connectivity index (χ4v) is 3.05. The van der Waals surface area contributed by atoms with Crippen LogP contribution in [0, 0.1) is 10.1 Å². The van der Waals surface area contributed by atoms with E-state index in [-0.39, 0.29) is 23.1 Å². The Kier molecular flexibility index (Phi) is 3.31. The number of non-ortho nitro benzene ring substituents is 1. The van der Waals surface area contributed by atoms with E-state index in [1.807, 2.05) is 24.3 Å². The van der Waals surface area contributed by atoms with Gasteiger partial charge in [-0.25, -0.2) is 9.97 Å². The van der Waals surface area contributed by atoms with E-state index in [1.54, 1.807) is 0 Å². The second-order valence-electron chi connectivity index (χ2n) is 5.98. The lowest BCUT2D eigenvalue weighted by atomic mass is 10.2. The van der Waals surface area contributed by atoms with Gasteiger partial charge in [0.15, 0.2) is 11.3 Å². The van der Waals surface area contributed by atoms with Gasteiger partial charge in [-0.05, 0) is 18.2 Å². The Labute approximate surface area is 155 Å². The number of azo groups is 1. The van der Waals surface area contributed by atoms with Gasteiger partial charge in [0.25, 0.3) is 5.69 Å². The second-order valence-corrected chi connectivity index (χ2v) is 5.98.